The third-order valence-electron chi connectivity index (χ3n) is 2.92. The van der Waals surface area contributed by atoms with Crippen molar-refractivity contribution in [3.63, 3.8) is 0 Å². The van der Waals surface area contributed by atoms with Gasteiger partial charge in [0.05, 0.1) is 5.52 Å². The quantitative estimate of drug-likeness (QED) is 0.862. The van der Waals surface area contributed by atoms with Gasteiger partial charge in [-0.2, -0.15) is 0 Å². The van der Waals surface area contributed by atoms with E-state index in [1.54, 1.807) is 0 Å². The summed E-state index contributed by atoms with van der Waals surface area (Å²) in [5, 5.41) is 10.1. The third kappa shape index (κ3) is 2.62. The van der Waals surface area contributed by atoms with Crippen molar-refractivity contribution in [2.24, 2.45) is 0 Å². The summed E-state index contributed by atoms with van der Waals surface area (Å²) < 4.78 is 0. The Morgan fingerprint density at radius 3 is 2.72 bits per heavy atom. The van der Waals surface area contributed by atoms with Gasteiger partial charge < -0.3 is 5.11 Å². The van der Waals surface area contributed by atoms with Crippen LogP contribution in [-0.2, 0) is 11.2 Å². The zero-order chi connectivity index (χ0) is 13.3. The standard InChI is InChI=1S/C14H14ClNO2/c1-8-5-9(2)11-7-10(3-4-13(17)18)14(15)16-12(11)6-8/h5-7H,3-4H2,1-2H3,(H,17,18). The molecule has 0 radical (unpaired) electrons. The molecule has 0 aliphatic rings. The highest BCUT2D eigenvalue weighted by Gasteiger charge is 2.09. The Bertz CT molecular complexity index is 623. The van der Waals surface area contributed by atoms with E-state index in [-0.39, 0.29) is 6.42 Å². The molecule has 0 bridgehead atoms. The summed E-state index contributed by atoms with van der Waals surface area (Å²) in [6.45, 7) is 4.03. The smallest absolute Gasteiger partial charge is 0.303 e. The van der Waals surface area contributed by atoms with Crippen molar-refractivity contribution < 1.29 is 9.90 Å². The lowest BCUT2D eigenvalue weighted by Gasteiger charge is -2.08. The van der Waals surface area contributed by atoms with Crippen molar-refractivity contribution in [2.75, 3.05) is 0 Å². The number of hydrogen-bond donors (Lipinski definition) is 1. The number of aromatic nitrogens is 1. The number of benzene rings is 1. The molecule has 18 heavy (non-hydrogen) atoms. The molecule has 4 heteroatoms. The van der Waals surface area contributed by atoms with Crippen molar-refractivity contribution in [3.8, 4) is 0 Å². The fourth-order valence-electron chi connectivity index (χ4n) is 2.06. The number of nitrogens with zero attached hydrogens (tertiary/aromatic N) is 1. The minimum atomic E-state index is -0.827. The number of aliphatic carboxylic acids is 1. The highest BCUT2D eigenvalue weighted by Crippen LogP contribution is 2.25. The van der Waals surface area contributed by atoms with Gasteiger partial charge in [-0.15, -0.1) is 0 Å². The van der Waals surface area contributed by atoms with E-state index in [9.17, 15) is 4.79 Å². The Hall–Kier alpha value is -1.61. The van der Waals surface area contributed by atoms with Gasteiger partial charge in [-0.25, -0.2) is 4.98 Å². The number of fused-ring (bicyclic) bond motifs is 1. The molecule has 0 spiro atoms. The van der Waals surface area contributed by atoms with Crippen molar-refractivity contribution >= 4 is 28.5 Å². The second-order valence-corrected chi connectivity index (χ2v) is 4.84. The largest absolute Gasteiger partial charge is 0.481 e. The summed E-state index contributed by atoms with van der Waals surface area (Å²) in [7, 11) is 0. The Balaban J connectivity index is 2.50. The fourth-order valence-corrected chi connectivity index (χ4v) is 2.30. The summed E-state index contributed by atoms with van der Waals surface area (Å²) >= 11 is 6.09. The molecular weight excluding hydrogens is 250 g/mol. The first-order chi connectivity index (χ1) is 8.47. The topological polar surface area (TPSA) is 50.2 Å². The van der Waals surface area contributed by atoms with Crippen LogP contribution in [0, 0.1) is 13.8 Å². The van der Waals surface area contributed by atoms with Gasteiger partial charge >= 0.3 is 5.97 Å². The van der Waals surface area contributed by atoms with Crippen LogP contribution in [0.25, 0.3) is 10.9 Å². The lowest BCUT2D eigenvalue weighted by molar-refractivity contribution is -0.136. The minimum absolute atomic E-state index is 0.0673. The van der Waals surface area contributed by atoms with Crippen LogP contribution < -0.4 is 0 Å². The van der Waals surface area contributed by atoms with Crippen LogP contribution in [0.15, 0.2) is 18.2 Å². The van der Waals surface area contributed by atoms with Crippen molar-refractivity contribution in [2.45, 2.75) is 26.7 Å². The second-order valence-electron chi connectivity index (χ2n) is 4.48. The van der Waals surface area contributed by atoms with E-state index < -0.39 is 5.97 Å². The first-order valence-corrected chi connectivity index (χ1v) is 6.13. The maximum absolute atomic E-state index is 10.6. The zero-order valence-corrected chi connectivity index (χ0v) is 11.1. The Labute approximate surface area is 110 Å². The average molecular weight is 264 g/mol. The summed E-state index contributed by atoms with van der Waals surface area (Å²) in [4.78, 5) is 14.9. The van der Waals surface area contributed by atoms with Crippen LogP contribution in [0.4, 0.5) is 0 Å². The molecule has 0 aliphatic carbocycles. The van der Waals surface area contributed by atoms with Crippen LogP contribution in [0.3, 0.4) is 0 Å². The maximum Gasteiger partial charge on any atom is 0.303 e. The Morgan fingerprint density at radius 2 is 2.06 bits per heavy atom. The van der Waals surface area contributed by atoms with Crippen LogP contribution >= 0.6 is 11.6 Å². The number of carboxylic acid groups (broad SMARTS) is 1. The molecule has 0 atom stereocenters. The number of carbonyl (C=O) groups is 1. The molecule has 0 amide bonds. The summed E-state index contributed by atoms with van der Waals surface area (Å²) in [6, 6.07) is 6.01. The summed E-state index contributed by atoms with van der Waals surface area (Å²) in [5.41, 5.74) is 3.92. The monoisotopic (exact) mass is 263 g/mol. The van der Waals surface area contributed by atoms with Crippen molar-refractivity contribution in [1.29, 1.82) is 0 Å². The molecule has 1 heterocycles. The van der Waals surface area contributed by atoms with Crippen molar-refractivity contribution in [3.05, 3.63) is 40.0 Å². The van der Waals surface area contributed by atoms with E-state index in [2.05, 4.69) is 11.1 Å². The molecule has 94 valence electrons. The van der Waals surface area contributed by atoms with Crippen LogP contribution in [-0.4, -0.2) is 16.1 Å². The molecule has 0 unspecified atom stereocenters. The molecule has 1 aromatic carbocycles. The van der Waals surface area contributed by atoms with E-state index >= 15 is 0 Å². The number of pyridine rings is 1. The van der Waals surface area contributed by atoms with Gasteiger partial charge in [0.15, 0.2) is 0 Å². The second kappa shape index (κ2) is 4.94. The maximum atomic E-state index is 10.6. The van der Waals surface area contributed by atoms with E-state index in [0.717, 1.165) is 27.6 Å². The first-order valence-electron chi connectivity index (χ1n) is 5.75. The SMILES string of the molecule is Cc1cc(C)c2cc(CCC(=O)O)c(Cl)nc2c1. The molecule has 2 aromatic rings. The number of hydrogen-bond acceptors (Lipinski definition) is 2. The summed E-state index contributed by atoms with van der Waals surface area (Å²) in [5.74, 6) is -0.827. The number of halogens is 1. The highest BCUT2D eigenvalue weighted by molar-refractivity contribution is 6.30. The molecule has 3 nitrogen and oxygen atoms in total. The Morgan fingerprint density at radius 1 is 1.33 bits per heavy atom. The number of rotatable bonds is 3. The average Bonchev–Trinajstić information content (AvgIpc) is 2.26. The van der Waals surface area contributed by atoms with Gasteiger partial charge in [0.2, 0.25) is 0 Å². The van der Waals surface area contributed by atoms with E-state index in [1.807, 2.05) is 26.0 Å². The minimum Gasteiger partial charge on any atom is -0.481 e. The third-order valence-corrected chi connectivity index (χ3v) is 3.25. The van der Waals surface area contributed by atoms with Crippen LogP contribution in [0.2, 0.25) is 5.15 Å². The highest BCUT2D eigenvalue weighted by atomic mass is 35.5. The van der Waals surface area contributed by atoms with E-state index in [0.29, 0.717) is 11.6 Å². The molecule has 0 aliphatic heterocycles. The van der Waals surface area contributed by atoms with Crippen LogP contribution in [0.5, 0.6) is 0 Å². The normalized spacial score (nSPS) is 10.8. The van der Waals surface area contributed by atoms with E-state index in [1.165, 1.54) is 0 Å². The lowest BCUT2D eigenvalue weighted by atomic mass is 10.0. The molecule has 0 saturated heterocycles. The van der Waals surface area contributed by atoms with E-state index in [4.69, 9.17) is 16.7 Å². The summed E-state index contributed by atoms with van der Waals surface area (Å²) in [6.07, 6.45) is 0.474. The molecule has 0 fully saturated rings. The molecule has 0 saturated carbocycles. The van der Waals surface area contributed by atoms with Gasteiger partial charge in [0, 0.05) is 11.8 Å². The van der Waals surface area contributed by atoms with Gasteiger partial charge in [-0.05, 0) is 49.1 Å². The van der Waals surface area contributed by atoms with Gasteiger partial charge in [0.1, 0.15) is 5.15 Å². The molecule has 1 aromatic heterocycles. The van der Waals surface area contributed by atoms with Gasteiger partial charge in [-0.3, -0.25) is 4.79 Å². The molecule has 2 rings (SSSR count). The number of carboxylic acids is 1. The van der Waals surface area contributed by atoms with Gasteiger partial charge in [0.25, 0.3) is 0 Å². The van der Waals surface area contributed by atoms with Crippen molar-refractivity contribution in [1.82, 2.24) is 4.98 Å². The molecule has 1 N–H and O–H groups in total. The van der Waals surface area contributed by atoms with Gasteiger partial charge in [-0.1, -0.05) is 17.7 Å². The first kappa shape index (κ1) is 12.8. The Kier molecular flexibility index (Phi) is 3.53. The lowest BCUT2D eigenvalue weighted by Crippen LogP contribution is -1.99. The fraction of sp³-hybridized carbons (Fsp3) is 0.286. The zero-order valence-electron chi connectivity index (χ0n) is 10.3. The number of aryl methyl sites for hydroxylation is 3. The predicted octanol–water partition coefficient (Wildman–Crippen LogP) is 3.52. The molecular formula is C14H14ClNO2. The van der Waals surface area contributed by atoms with Crippen LogP contribution in [0.1, 0.15) is 23.1 Å². The predicted molar refractivity (Wildman–Crippen MR) is 72.2 cm³/mol.